The van der Waals surface area contributed by atoms with E-state index in [0.29, 0.717) is 0 Å². The van der Waals surface area contributed by atoms with Gasteiger partial charge in [0.25, 0.3) is 5.91 Å². The van der Waals surface area contributed by atoms with Gasteiger partial charge in [-0.3, -0.25) is 4.79 Å². The Balaban J connectivity index is 1.85. The summed E-state index contributed by atoms with van der Waals surface area (Å²) in [4.78, 5) is 15.8. The van der Waals surface area contributed by atoms with Crippen LogP contribution in [0.4, 0.5) is 0 Å². The maximum absolute atomic E-state index is 12.5. The molecule has 1 saturated heterocycles. The van der Waals surface area contributed by atoms with E-state index < -0.39 is 0 Å². The third-order valence-electron chi connectivity index (χ3n) is 3.20. The molecule has 2 aromatic rings. The highest BCUT2D eigenvalue weighted by Gasteiger charge is 2.31. The van der Waals surface area contributed by atoms with Crippen molar-refractivity contribution in [1.82, 2.24) is 4.90 Å². The number of thiophene rings is 2. The predicted molar refractivity (Wildman–Crippen MR) is 84.4 cm³/mol. The van der Waals surface area contributed by atoms with Crippen molar-refractivity contribution >= 4 is 51.2 Å². The van der Waals surface area contributed by atoms with Gasteiger partial charge in [0, 0.05) is 16.8 Å². The maximum Gasteiger partial charge on any atom is 0.255 e. The van der Waals surface area contributed by atoms with E-state index in [1.165, 1.54) is 7.76 Å². The van der Waals surface area contributed by atoms with Crippen LogP contribution in [0.2, 0.25) is 0 Å². The smallest absolute Gasteiger partial charge is 0.255 e. The first-order chi connectivity index (χ1) is 8.75. The summed E-state index contributed by atoms with van der Waals surface area (Å²) in [6, 6.07) is 6.47. The van der Waals surface area contributed by atoms with Crippen LogP contribution in [0.1, 0.15) is 34.1 Å². The lowest BCUT2D eigenvalue weighted by atomic mass is 10.1. The minimum atomic E-state index is 0.185. The van der Waals surface area contributed by atoms with Crippen LogP contribution in [0.15, 0.2) is 29.0 Å². The quantitative estimate of drug-likeness (QED) is 0.698. The number of carbonyl (C=O) groups excluding carboxylic acids is 1. The van der Waals surface area contributed by atoms with Crippen molar-refractivity contribution in [3.63, 3.8) is 0 Å². The molecule has 3 rings (SSSR count). The van der Waals surface area contributed by atoms with Crippen molar-refractivity contribution in [3.05, 3.63) is 42.3 Å². The largest absolute Gasteiger partial charge is 0.331 e. The Morgan fingerprint density at radius 1 is 1.44 bits per heavy atom. The number of nitrogens with zero attached hydrogens (tertiary/aromatic N) is 1. The first-order valence-corrected chi connectivity index (χ1v) is 8.68. The van der Waals surface area contributed by atoms with Crippen LogP contribution >= 0.6 is 45.3 Å². The third-order valence-corrected chi connectivity index (χ3v) is 5.96. The molecular formula is C13H12INOS2. The molecule has 0 saturated carbocycles. The second-order valence-corrected chi connectivity index (χ2v) is 8.10. The zero-order valence-electron chi connectivity index (χ0n) is 9.64. The summed E-state index contributed by atoms with van der Waals surface area (Å²) in [5.41, 5.74) is 0.841. The minimum Gasteiger partial charge on any atom is -0.331 e. The van der Waals surface area contributed by atoms with E-state index in [9.17, 15) is 4.79 Å². The van der Waals surface area contributed by atoms with Gasteiger partial charge in [-0.05, 0) is 52.9 Å². The standard InChI is InChI=1S/C13H12INOS2/c14-12-7-9(8-18-12)13(16)15-5-1-3-10(15)11-4-2-6-17-11/h2,4,6-8,10H,1,3,5H2. The average molecular weight is 389 g/mol. The van der Waals surface area contributed by atoms with E-state index in [1.807, 2.05) is 16.3 Å². The predicted octanol–water partition coefficient (Wildman–Crippen LogP) is 4.39. The molecule has 1 aliphatic rings. The average Bonchev–Trinajstić information content (AvgIpc) is 3.08. The molecule has 2 aromatic heterocycles. The normalized spacial score (nSPS) is 19.4. The summed E-state index contributed by atoms with van der Waals surface area (Å²) in [5, 5.41) is 4.05. The number of rotatable bonds is 2. The molecule has 2 nitrogen and oxygen atoms in total. The van der Waals surface area contributed by atoms with Crippen LogP contribution < -0.4 is 0 Å². The molecule has 18 heavy (non-hydrogen) atoms. The van der Waals surface area contributed by atoms with E-state index in [4.69, 9.17) is 0 Å². The van der Waals surface area contributed by atoms with Crippen molar-refractivity contribution in [2.45, 2.75) is 18.9 Å². The van der Waals surface area contributed by atoms with Crippen LogP contribution in [0.3, 0.4) is 0 Å². The Bertz CT molecular complexity index is 549. The van der Waals surface area contributed by atoms with Gasteiger partial charge in [0.2, 0.25) is 0 Å². The summed E-state index contributed by atoms with van der Waals surface area (Å²) in [7, 11) is 0. The monoisotopic (exact) mass is 389 g/mol. The fourth-order valence-corrected chi connectivity index (χ4v) is 4.57. The maximum atomic E-state index is 12.5. The molecule has 1 unspecified atom stereocenters. The van der Waals surface area contributed by atoms with Gasteiger partial charge in [-0.15, -0.1) is 22.7 Å². The number of halogens is 1. The van der Waals surface area contributed by atoms with Gasteiger partial charge in [0.15, 0.2) is 0 Å². The molecule has 0 aliphatic carbocycles. The van der Waals surface area contributed by atoms with Crippen molar-refractivity contribution in [1.29, 1.82) is 0 Å². The summed E-state index contributed by atoms with van der Waals surface area (Å²) in [6.07, 6.45) is 2.20. The van der Waals surface area contributed by atoms with Crippen LogP contribution in [0.5, 0.6) is 0 Å². The summed E-state index contributed by atoms with van der Waals surface area (Å²) in [5.74, 6) is 0.185. The number of carbonyl (C=O) groups is 1. The first kappa shape index (κ1) is 12.6. The van der Waals surface area contributed by atoms with Crippen molar-refractivity contribution in [3.8, 4) is 0 Å². The van der Waals surface area contributed by atoms with Crippen LogP contribution in [-0.4, -0.2) is 17.4 Å². The molecular weight excluding hydrogens is 377 g/mol. The second kappa shape index (κ2) is 5.30. The van der Waals surface area contributed by atoms with E-state index >= 15 is 0 Å². The molecule has 0 spiro atoms. The highest BCUT2D eigenvalue weighted by molar-refractivity contribution is 14.1. The highest BCUT2D eigenvalue weighted by atomic mass is 127. The Hall–Kier alpha value is -0.400. The van der Waals surface area contributed by atoms with Crippen LogP contribution in [0, 0.1) is 2.88 Å². The van der Waals surface area contributed by atoms with E-state index in [0.717, 1.165) is 24.9 Å². The lowest BCUT2D eigenvalue weighted by Crippen LogP contribution is -2.29. The van der Waals surface area contributed by atoms with Crippen molar-refractivity contribution in [2.75, 3.05) is 6.54 Å². The molecule has 0 N–H and O–H groups in total. The van der Waals surface area contributed by atoms with Crippen LogP contribution in [0.25, 0.3) is 0 Å². The Morgan fingerprint density at radius 2 is 2.33 bits per heavy atom. The van der Waals surface area contributed by atoms with Gasteiger partial charge < -0.3 is 4.90 Å². The summed E-state index contributed by atoms with van der Waals surface area (Å²) >= 11 is 5.64. The SMILES string of the molecule is O=C(c1csc(I)c1)N1CCCC1c1cccs1. The Kier molecular flexibility index (Phi) is 3.72. The van der Waals surface area contributed by atoms with Gasteiger partial charge in [0.05, 0.1) is 14.5 Å². The van der Waals surface area contributed by atoms with E-state index in [2.05, 4.69) is 40.1 Å². The Labute approximate surface area is 128 Å². The van der Waals surface area contributed by atoms with Gasteiger partial charge in [-0.25, -0.2) is 0 Å². The molecule has 1 aliphatic heterocycles. The molecule has 0 aromatic carbocycles. The molecule has 1 fully saturated rings. The van der Waals surface area contributed by atoms with E-state index in [1.54, 1.807) is 22.7 Å². The molecule has 3 heterocycles. The summed E-state index contributed by atoms with van der Waals surface area (Å²) in [6.45, 7) is 0.883. The fraction of sp³-hybridized carbons (Fsp3) is 0.308. The third kappa shape index (κ3) is 2.35. The van der Waals surface area contributed by atoms with Gasteiger partial charge in [0.1, 0.15) is 0 Å². The second-order valence-electron chi connectivity index (χ2n) is 4.31. The molecule has 0 bridgehead atoms. The molecule has 0 radical (unpaired) electrons. The number of hydrogen-bond donors (Lipinski definition) is 0. The van der Waals surface area contributed by atoms with Gasteiger partial charge in [-0.1, -0.05) is 6.07 Å². The fourth-order valence-electron chi connectivity index (χ4n) is 2.37. The molecule has 94 valence electrons. The lowest BCUT2D eigenvalue weighted by molar-refractivity contribution is 0.0738. The topological polar surface area (TPSA) is 20.3 Å². The first-order valence-electron chi connectivity index (χ1n) is 5.84. The van der Waals surface area contributed by atoms with Crippen molar-refractivity contribution < 1.29 is 4.79 Å². The zero-order valence-corrected chi connectivity index (χ0v) is 13.4. The summed E-state index contributed by atoms with van der Waals surface area (Å²) < 4.78 is 1.17. The molecule has 1 atom stereocenters. The number of hydrogen-bond acceptors (Lipinski definition) is 3. The highest BCUT2D eigenvalue weighted by Crippen LogP contribution is 2.35. The molecule has 1 amide bonds. The van der Waals surface area contributed by atoms with Crippen molar-refractivity contribution in [2.24, 2.45) is 0 Å². The minimum absolute atomic E-state index is 0.185. The Morgan fingerprint density at radius 3 is 3.00 bits per heavy atom. The van der Waals surface area contributed by atoms with E-state index in [-0.39, 0.29) is 11.9 Å². The van der Waals surface area contributed by atoms with Gasteiger partial charge >= 0.3 is 0 Å². The number of likely N-dealkylation sites (tertiary alicyclic amines) is 1. The molecule has 5 heteroatoms. The zero-order chi connectivity index (χ0) is 12.5. The number of amides is 1. The van der Waals surface area contributed by atoms with Crippen LogP contribution in [-0.2, 0) is 0 Å². The lowest BCUT2D eigenvalue weighted by Gasteiger charge is -2.23. The van der Waals surface area contributed by atoms with Gasteiger partial charge in [-0.2, -0.15) is 0 Å².